The van der Waals surface area contributed by atoms with Gasteiger partial charge in [0, 0.05) is 36.9 Å². The summed E-state index contributed by atoms with van der Waals surface area (Å²) in [6.07, 6.45) is 4.02. The van der Waals surface area contributed by atoms with Crippen LogP contribution in [0.15, 0.2) is 22.5 Å². The predicted molar refractivity (Wildman–Crippen MR) is 123 cm³/mol. The lowest BCUT2D eigenvalue weighted by atomic mass is 10.1. The van der Waals surface area contributed by atoms with Gasteiger partial charge in [0.2, 0.25) is 0 Å². The Morgan fingerprint density at radius 3 is 3.00 bits per heavy atom. The van der Waals surface area contributed by atoms with Gasteiger partial charge in [0.15, 0.2) is 11.8 Å². The van der Waals surface area contributed by atoms with Gasteiger partial charge in [-0.15, -0.1) is 35.3 Å². The molecule has 0 aromatic carbocycles. The van der Waals surface area contributed by atoms with Gasteiger partial charge in [-0.2, -0.15) is 5.10 Å². The molecule has 0 saturated heterocycles. The van der Waals surface area contributed by atoms with Crippen LogP contribution < -0.4 is 10.6 Å². The second-order valence-corrected chi connectivity index (χ2v) is 8.00. The Bertz CT molecular complexity index is 712. The van der Waals surface area contributed by atoms with Crippen molar-refractivity contribution in [3.8, 4) is 0 Å². The van der Waals surface area contributed by atoms with E-state index in [4.69, 9.17) is 4.99 Å². The lowest BCUT2D eigenvalue weighted by Gasteiger charge is -2.25. The molecule has 2 atom stereocenters. The fourth-order valence-electron chi connectivity index (χ4n) is 3.23. The highest BCUT2D eigenvalue weighted by molar-refractivity contribution is 14.0. The predicted octanol–water partition coefficient (Wildman–Crippen LogP) is 3.27. The summed E-state index contributed by atoms with van der Waals surface area (Å²) in [5.41, 5.74) is 0. The monoisotopic (exact) mass is 502 g/mol. The minimum Gasteiger partial charge on any atom is -0.357 e. The minimum atomic E-state index is 0. The van der Waals surface area contributed by atoms with Crippen LogP contribution in [0.5, 0.6) is 0 Å². The fraction of sp³-hybridized carbons (Fsp3) is 0.632. The van der Waals surface area contributed by atoms with E-state index in [1.807, 2.05) is 11.3 Å². The molecule has 0 radical (unpaired) electrons. The number of aryl methyl sites for hydroxylation is 2. The Kier molecular flexibility index (Phi) is 9.01. The molecular weight excluding hydrogens is 471 g/mol. The maximum absolute atomic E-state index is 4.82. The first kappa shape index (κ1) is 22.1. The van der Waals surface area contributed by atoms with Crippen molar-refractivity contribution in [1.82, 2.24) is 25.4 Å². The molecule has 0 fully saturated rings. The molecule has 6 nitrogen and oxygen atoms in total. The summed E-state index contributed by atoms with van der Waals surface area (Å²) < 4.78 is 2.06. The smallest absolute Gasteiger partial charge is 0.191 e. The number of hydrogen-bond donors (Lipinski definition) is 2. The van der Waals surface area contributed by atoms with Crippen molar-refractivity contribution in [1.29, 1.82) is 0 Å². The fourth-order valence-corrected chi connectivity index (χ4v) is 4.10. The van der Waals surface area contributed by atoms with Gasteiger partial charge in [-0.1, -0.05) is 19.9 Å². The molecule has 3 rings (SSSR count). The SMILES string of the molecule is CCNC(=NCC(C)Cc1cccs1)NC1CCc2nc(CC)nn2C1.I. The number of nitrogens with zero attached hydrogens (tertiary/aromatic N) is 4. The molecule has 2 N–H and O–H groups in total. The van der Waals surface area contributed by atoms with E-state index in [-0.39, 0.29) is 24.0 Å². The van der Waals surface area contributed by atoms with Gasteiger partial charge in [0.1, 0.15) is 5.82 Å². The number of fused-ring (bicyclic) bond motifs is 1. The molecule has 8 heteroatoms. The number of rotatable bonds is 7. The molecule has 150 valence electrons. The maximum atomic E-state index is 4.82. The van der Waals surface area contributed by atoms with Crippen LogP contribution in [0.4, 0.5) is 0 Å². The molecule has 2 aromatic heterocycles. The summed E-state index contributed by atoms with van der Waals surface area (Å²) in [6, 6.07) is 4.67. The van der Waals surface area contributed by atoms with E-state index in [1.54, 1.807) is 0 Å². The first-order valence-corrected chi connectivity index (χ1v) is 10.6. The molecule has 2 aromatic rings. The quantitative estimate of drug-likeness (QED) is 0.347. The summed E-state index contributed by atoms with van der Waals surface area (Å²) in [4.78, 5) is 10.8. The average Bonchev–Trinajstić information content (AvgIpc) is 3.28. The lowest BCUT2D eigenvalue weighted by Crippen LogP contribution is -2.47. The summed E-state index contributed by atoms with van der Waals surface area (Å²) in [6.45, 7) is 9.03. The van der Waals surface area contributed by atoms with Crippen LogP contribution >= 0.6 is 35.3 Å². The summed E-state index contributed by atoms with van der Waals surface area (Å²) >= 11 is 1.83. The van der Waals surface area contributed by atoms with E-state index in [0.29, 0.717) is 12.0 Å². The van der Waals surface area contributed by atoms with Gasteiger partial charge >= 0.3 is 0 Å². The van der Waals surface area contributed by atoms with Crippen molar-refractivity contribution in [2.24, 2.45) is 10.9 Å². The van der Waals surface area contributed by atoms with Crippen molar-refractivity contribution < 1.29 is 0 Å². The molecule has 0 amide bonds. The Balaban J connectivity index is 0.00000261. The largest absolute Gasteiger partial charge is 0.357 e. The zero-order chi connectivity index (χ0) is 18.4. The van der Waals surface area contributed by atoms with E-state index in [0.717, 1.165) is 62.9 Å². The second-order valence-electron chi connectivity index (χ2n) is 6.97. The molecule has 2 unspecified atom stereocenters. The normalized spacial score (nSPS) is 17.7. The van der Waals surface area contributed by atoms with Gasteiger partial charge < -0.3 is 10.6 Å². The van der Waals surface area contributed by atoms with Gasteiger partial charge in [-0.25, -0.2) is 9.67 Å². The number of hydrogen-bond acceptors (Lipinski definition) is 4. The summed E-state index contributed by atoms with van der Waals surface area (Å²) in [5, 5.41) is 13.7. The molecular formula is C19H31IN6S. The van der Waals surface area contributed by atoms with Gasteiger partial charge in [-0.05, 0) is 37.1 Å². The third-order valence-corrected chi connectivity index (χ3v) is 5.49. The van der Waals surface area contributed by atoms with Crippen LogP contribution in [-0.4, -0.2) is 39.9 Å². The average molecular weight is 502 g/mol. The molecule has 0 spiro atoms. The second kappa shape index (κ2) is 11.0. The van der Waals surface area contributed by atoms with Crippen molar-refractivity contribution in [3.63, 3.8) is 0 Å². The standard InChI is InChI=1S/C19H30N6S.HI/c1-4-17-23-18-9-8-15(13-25(18)24-17)22-19(20-5-2)21-12-14(3)11-16-7-6-10-26-16;/h6-7,10,14-15H,4-5,8-9,11-13H2,1-3H3,(H2,20,21,22);1H. The van der Waals surface area contributed by atoms with Crippen LogP contribution in [0.25, 0.3) is 0 Å². The van der Waals surface area contributed by atoms with Crippen molar-refractivity contribution >= 4 is 41.3 Å². The van der Waals surface area contributed by atoms with Gasteiger partial charge in [0.05, 0.1) is 6.54 Å². The molecule has 0 saturated carbocycles. The topological polar surface area (TPSA) is 67.1 Å². The third-order valence-electron chi connectivity index (χ3n) is 4.59. The number of guanidine groups is 1. The molecule has 0 bridgehead atoms. The van der Waals surface area contributed by atoms with Crippen LogP contribution in [0.2, 0.25) is 0 Å². The number of aromatic nitrogens is 3. The highest BCUT2D eigenvalue weighted by atomic mass is 127. The third kappa shape index (κ3) is 6.44. The van der Waals surface area contributed by atoms with E-state index >= 15 is 0 Å². The summed E-state index contributed by atoms with van der Waals surface area (Å²) in [5.74, 6) is 3.51. The van der Waals surface area contributed by atoms with Gasteiger partial charge in [0.25, 0.3) is 0 Å². The molecule has 1 aliphatic heterocycles. The van der Waals surface area contributed by atoms with Crippen LogP contribution in [-0.2, 0) is 25.8 Å². The zero-order valence-electron chi connectivity index (χ0n) is 16.4. The van der Waals surface area contributed by atoms with Crippen molar-refractivity contribution in [2.75, 3.05) is 13.1 Å². The number of nitrogens with one attached hydrogen (secondary N) is 2. The molecule has 27 heavy (non-hydrogen) atoms. The van der Waals surface area contributed by atoms with E-state index < -0.39 is 0 Å². The first-order chi connectivity index (χ1) is 12.7. The Labute approximate surface area is 183 Å². The van der Waals surface area contributed by atoms with Crippen molar-refractivity contribution in [3.05, 3.63) is 34.0 Å². The van der Waals surface area contributed by atoms with Crippen LogP contribution in [0.1, 0.15) is 43.7 Å². The Hall–Kier alpha value is -1.16. The van der Waals surface area contributed by atoms with Crippen LogP contribution in [0.3, 0.4) is 0 Å². The number of thiophene rings is 1. The van der Waals surface area contributed by atoms with Crippen molar-refractivity contribution in [2.45, 2.75) is 59.0 Å². The van der Waals surface area contributed by atoms with E-state index in [2.05, 4.69) is 63.7 Å². The number of aliphatic imine (C=N–C) groups is 1. The van der Waals surface area contributed by atoms with E-state index in [1.165, 1.54) is 4.88 Å². The molecule has 3 heterocycles. The summed E-state index contributed by atoms with van der Waals surface area (Å²) in [7, 11) is 0. The minimum absolute atomic E-state index is 0. The Morgan fingerprint density at radius 2 is 2.30 bits per heavy atom. The Morgan fingerprint density at radius 1 is 1.44 bits per heavy atom. The number of halogens is 1. The zero-order valence-corrected chi connectivity index (χ0v) is 19.6. The molecule has 0 aliphatic carbocycles. The highest BCUT2D eigenvalue weighted by Crippen LogP contribution is 2.15. The van der Waals surface area contributed by atoms with Gasteiger partial charge in [-0.3, -0.25) is 4.99 Å². The highest BCUT2D eigenvalue weighted by Gasteiger charge is 2.22. The van der Waals surface area contributed by atoms with Crippen LogP contribution in [0, 0.1) is 5.92 Å². The first-order valence-electron chi connectivity index (χ1n) is 9.67. The maximum Gasteiger partial charge on any atom is 0.191 e. The lowest BCUT2D eigenvalue weighted by molar-refractivity contribution is 0.391. The van der Waals surface area contributed by atoms with E-state index in [9.17, 15) is 0 Å². The molecule has 1 aliphatic rings.